The minimum atomic E-state index is 0.847. The van der Waals surface area contributed by atoms with Crippen molar-refractivity contribution in [1.29, 1.82) is 0 Å². The lowest BCUT2D eigenvalue weighted by atomic mass is 9.86. The third-order valence-corrected chi connectivity index (χ3v) is 5.30. The molecule has 1 fully saturated rings. The van der Waals surface area contributed by atoms with Crippen molar-refractivity contribution in [3.63, 3.8) is 0 Å². The van der Waals surface area contributed by atoms with E-state index in [0.29, 0.717) is 0 Å². The molecule has 3 atom stereocenters. The number of allylic oxidation sites excluding steroid dienone is 2. The number of hydrogen-bond donors (Lipinski definition) is 0. The van der Waals surface area contributed by atoms with E-state index in [0.717, 1.165) is 17.8 Å². The second-order valence-corrected chi connectivity index (χ2v) is 6.36. The molecule has 1 aliphatic carbocycles. The molecular weight excluding hydrogens is 216 g/mol. The van der Waals surface area contributed by atoms with Crippen LogP contribution in [0, 0.1) is 17.8 Å². The van der Waals surface area contributed by atoms with Gasteiger partial charge in [-0.2, -0.15) is 0 Å². The van der Waals surface area contributed by atoms with Gasteiger partial charge in [0.05, 0.1) is 0 Å². The van der Waals surface area contributed by atoms with Crippen molar-refractivity contribution in [3.8, 4) is 0 Å². The quantitative estimate of drug-likeness (QED) is 0.380. The molecule has 0 aromatic rings. The maximum atomic E-state index is 2.37. The predicted molar refractivity (Wildman–Crippen MR) is 82.8 cm³/mol. The van der Waals surface area contributed by atoms with E-state index in [1.807, 2.05) is 0 Å². The molecule has 2 unspecified atom stereocenters. The molecule has 1 aliphatic rings. The number of hydrogen-bond acceptors (Lipinski definition) is 0. The van der Waals surface area contributed by atoms with E-state index in [1.54, 1.807) is 5.57 Å². The van der Waals surface area contributed by atoms with Crippen LogP contribution in [0.15, 0.2) is 11.6 Å². The Hall–Kier alpha value is -0.260. The highest BCUT2D eigenvalue weighted by atomic mass is 14.2. The summed E-state index contributed by atoms with van der Waals surface area (Å²) in [6.45, 7) is 9.22. The van der Waals surface area contributed by atoms with Crippen molar-refractivity contribution in [2.24, 2.45) is 17.8 Å². The Morgan fingerprint density at radius 2 is 1.78 bits per heavy atom. The van der Waals surface area contributed by atoms with Crippen molar-refractivity contribution in [3.05, 3.63) is 11.6 Å². The summed E-state index contributed by atoms with van der Waals surface area (Å²) in [6.07, 6.45) is 15.4. The van der Waals surface area contributed by atoms with Gasteiger partial charge in [-0.15, -0.1) is 0 Å². The van der Waals surface area contributed by atoms with Crippen LogP contribution in [0.3, 0.4) is 0 Å². The van der Waals surface area contributed by atoms with Crippen LogP contribution in [0.5, 0.6) is 0 Å². The highest BCUT2D eigenvalue weighted by molar-refractivity contribution is 5.01. The Bertz CT molecular complexity index is 238. The fraction of sp³-hybridized carbons (Fsp3) is 0.889. The molecule has 0 spiro atoms. The van der Waals surface area contributed by atoms with Crippen molar-refractivity contribution < 1.29 is 0 Å². The van der Waals surface area contributed by atoms with Crippen molar-refractivity contribution in [2.45, 2.75) is 85.5 Å². The molecule has 18 heavy (non-hydrogen) atoms. The van der Waals surface area contributed by atoms with Crippen molar-refractivity contribution in [2.75, 3.05) is 0 Å². The normalized spacial score (nSPS) is 27.9. The maximum Gasteiger partial charge on any atom is -0.0209 e. The minimum absolute atomic E-state index is 0.847. The topological polar surface area (TPSA) is 0 Å². The fourth-order valence-electron chi connectivity index (χ4n) is 3.58. The van der Waals surface area contributed by atoms with E-state index >= 15 is 0 Å². The third-order valence-electron chi connectivity index (χ3n) is 5.30. The molecule has 1 rings (SSSR count). The average molecular weight is 250 g/mol. The molecule has 0 bridgehead atoms. The summed E-state index contributed by atoms with van der Waals surface area (Å²) in [7, 11) is 0. The summed E-state index contributed by atoms with van der Waals surface area (Å²) < 4.78 is 0. The van der Waals surface area contributed by atoms with Gasteiger partial charge < -0.3 is 0 Å². The van der Waals surface area contributed by atoms with Gasteiger partial charge in [-0.1, -0.05) is 64.0 Å². The standard InChI is InChI=1S/C18H34/c1-5-15(4)18(7-3)14-13-17-10-8-9-16(6-2)11-12-17/h5,16-18H,6-14H2,1-4H3/b15-5+/t16?,17?,18-/m1/s1. The van der Waals surface area contributed by atoms with Gasteiger partial charge in [-0.05, 0) is 50.9 Å². The first kappa shape index (κ1) is 15.8. The first-order valence-electron chi connectivity index (χ1n) is 8.33. The summed E-state index contributed by atoms with van der Waals surface area (Å²) in [6, 6.07) is 0. The van der Waals surface area contributed by atoms with Gasteiger partial charge in [0.25, 0.3) is 0 Å². The van der Waals surface area contributed by atoms with E-state index in [4.69, 9.17) is 0 Å². The van der Waals surface area contributed by atoms with Crippen LogP contribution in [0.25, 0.3) is 0 Å². The summed E-state index contributed by atoms with van der Waals surface area (Å²) in [4.78, 5) is 0. The molecule has 0 saturated heterocycles. The van der Waals surface area contributed by atoms with Crippen molar-refractivity contribution >= 4 is 0 Å². The highest BCUT2D eigenvalue weighted by Gasteiger charge is 2.19. The molecule has 0 aromatic carbocycles. The summed E-state index contributed by atoms with van der Waals surface area (Å²) >= 11 is 0. The monoisotopic (exact) mass is 250 g/mol. The second kappa shape index (κ2) is 8.77. The molecule has 0 N–H and O–H groups in total. The summed E-state index contributed by atoms with van der Waals surface area (Å²) in [5, 5.41) is 0. The average Bonchev–Trinajstić information content (AvgIpc) is 2.64. The Labute approximate surface area is 115 Å². The van der Waals surface area contributed by atoms with Gasteiger partial charge in [0, 0.05) is 0 Å². The van der Waals surface area contributed by atoms with E-state index in [1.165, 1.54) is 57.8 Å². The minimum Gasteiger partial charge on any atom is -0.0885 e. The molecule has 0 radical (unpaired) electrons. The zero-order valence-corrected chi connectivity index (χ0v) is 13.2. The first-order valence-corrected chi connectivity index (χ1v) is 8.33. The largest absolute Gasteiger partial charge is 0.0885 e. The Morgan fingerprint density at radius 1 is 1.11 bits per heavy atom. The lowest BCUT2D eigenvalue weighted by Crippen LogP contribution is -2.06. The second-order valence-electron chi connectivity index (χ2n) is 6.36. The molecule has 0 heteroatoms. The molecule has 0 heterocycles. The van der Waals surface area contributed by atoms with Crippen molar-refractivity contribution in [1.82, 2.24) is 0 Å². The van der Waals surface area contributed by atoms with E-state index < -0.39 is 0 Å². The first-order chi connectivity index (χ1) is 8.71. The zero-order chi connectivity index (χ0) is 13.4. The Kier molecular flexibility index (Phi) is 7.70. The molecular formula is C18H34. The van der Waals surface area contributed by atoms with Gasteiger partial charge in [0.15, 0.2) is 0 Å². The van der Waals surface area contributed by atoms with Gasteiger partial charge in [0.2, 0.25) is 0 Å². The number of rotatable bonds is 6. The molecule has 106 valence electrons. The van der Waals surface area contributed by atoms with Crippen LogP contribution in [-0.4, -0.2) is 0 Å². The molecule has 0 nitrogen and oxygen atoms in total. The maximum absolute atomic E-state index is 2.37. The van der Waals surface area contributed by atoms with Gasteiger partial charge in [-0.25, -0.2) is 0 Å². The molecule has 0 aliphatic heterocycles. The zero-order valence-electron chi connectivity index (χ0n) is 13.2. The van der Waals surface area contributed by atoms with Gasteiger partial charge in [0.1, 0.15) is 0 Å². The van der Waals surface area contributed by atoms with Crippen LogP contribution in [0.2, 0.25) is 0 Å². The van der Waals surface area contributed by atoms with Crippen LogP contribution in [0.1, 0.15) is 85.5 Å². The summed E-state index contributed by atoms with van der Waals surface area (Å²) in [5.74, 6) is 2.91. The predicted octanol–water partition coefficient (Wildman–Crippen LogP) is 6.37. The lowest BCUT2D eigenvalue weighted by molar-refractivity contribution is 0.369. The van der Waals surface area contributed by atoms with Crippen LogP contribution < -0.4 is 0 Å². The molecule has 0 aromatic heterocycles. The highest BCUT2D eigenvalue weighted by Crippen LogP contribution is 2.33. The van der Waals surface area contributed by atoms with E-state index in [-0.39, 0.29) is 0 Å². The third kappa shape index (κ3) is 5.16. The lowest BCUT2D eigenvalue weighted by Gasteiger charge is -2.20. The smallest absolute Gasteiger partial charge is 0.0209 e. The van der Waals surface area contributed by atoms with Crippen LogP contribution >= 0.6 is 0 Å². The van der Waals surface area contributed by atoms with Crippen LogP contribution in [0.4, 0.5) is 0 Å². The van der Waals surface area contributed by atoms with Crippen LogP contribution in [-0.2, 0) is 0 Å². The fourth-order valence-corrected chi connectivity index (χ4v) is 3.58. The van der Waals surface area contributed by atoms with Gasteiger partial charge in [-0.3, -0.25) is 0 Å². The van der Waals surface area contributed by atoms with E-state index in [9.17, 15) is 0 Å². The summed E-state index contributed by atoms with van der Waals surface area (Å²) in [5.41, 5.74) is 1.61. The Morgan fingerprint density at radius 3 is 2.39 bits per heavy atom. The van der Waals surface area contributed by atoms with E-state index in [2.05, 4.69) is 33.8 Å². The molecule has 1 saturated carbocycles. The molecule has 0 amide bonds. The SMILES string of the molecule is C/C=C(\C)[C@H](CC)CCC1CCCC(CC)CC1. The Balaban J connectivity index is 2.34. The van der Waals surface area contributed by atoms with Gasteiger partial charge >= 0.3 is 0 Å².